The molecule has 0 unspecified atom stereocenters. The predicted octanol–water partition coefficient (Wildman–Crippen LogP) is 3.90. The Bertz CT molecular complexity index is 1080. The van der Waals surface area contributed by atoms with Gasteiger partial charge in [-0.2, -0.15) is 9.36 Å². The van der Waals surface area contributed by atoms with Gasteiger partial charge in [0.15, 0.2) is 16.7 Å². The quantitative estimate of drug-likeness (QED) is 0.187. The molecule has 8 nitrogen and oxygen atoms in total. The van der Waals surface area contributed by atoms with E-state index in [0.29, 0.717) is 16.7 Å². The zero-order valence-corrected chi connectivity index (χ0v) is 19.8. The van der Waals surface area contributed by atoms with Crippen molar-refractivity contribution in [3.05, 3.63) is 30.1 Å². The zero-order valence-electron chi connectivity index (χ0n) is 17.2. The molecule has 11 heteroatoms. The molecule has 0 saturated heterocycles. The highest BCUT2D eigenvalue weighted by atomic mass is 32.2. The summed E-state index contributed by atoms with van der Waals surface area (Å²) >= 11 is 3.44. The van der Waals surface area contributed by atoms with E-state index in [-0.39, 0.29) is 0 Å². The molecule has 0 amide bonds. The van der Waals surface area contributed by atoms with Crippen LogP contribution in [-0.4, -0.2) is 42.6 Å². The second-order valence-corrected chi connectivity index (χ2v) is 10.8. The van der Waals surface area contributed by atoms with Gasteiger partial charge < -0.3 is 15.3 Å². The summed E-state index contributed by atoms with van der Waals surface area (Å²) in [7, 11) is 0. The number of rotatable bonds is 6. The number of fused-ring (bicyclic) bond motifs is 1. The summed E-state index contributed by atoms with van der Waals surface area (Å²) in [6.07, 6.45) is 0. The molecular weight excluding hydrogens is 442 g/mol. The first kappa shape index (κ1) is 22.3. The third-order valence-corrected chi connectivity index (χ3v) is 6.18. The van der Waals surface area contributed by atoms with Crippen molar-refractivity contribution in [1.29, 1.82) is 0 Å². The van der Waals surface area contributed by atoms with Crippen molar-refractivity contribution < 1.29 is 14.4 Å². The van der Waals surface area contributed by atoms with E-state index in [4.69, 9.17) is 15.3 Å². The van der Waals surface area contributed by atoms with Crippen LogP contribution in [0.15, 0.2) is 33.8 Å². The maximum Gasteiger partial charge on any atom is 0.353 e. The van der Waals surface area contributed by atoms with E-state index < -0.39 is 17.2 Å². The van der Waals surface area contributed by atoms with Gasteiger partial charge >= 0.3 is 5.97 Å². The molecule has 3 rings (SSSR count). The lowest BCUT2D eigenvalue weighted by Gasteiger charge is -2.26. The Morgan fingerprint density at radius 2 is 1.93 bits per heavy atom. The average Bonchev–Trinajstić information content (AvgIpc) is 3.26. The summed E-state index contributed by atoms with van der Waals surface area (Å²) in [6, 6.07) is 7.92. The number of hydrogen-bond donors (Lipinski definition) is 2. The monoisotopic (exact) mass is 465 g/mol. The number of aromatic nitrogens is 3. The minimum atomic E-state index is -1.29. The zero-order chi connectivity index (χ0) is 21.9. The van der Waals surface area contributed by atoms with Gasteiger partial charge in [-0.3, -0.25) is 0 Å². The van der Waals surface area contributed by atoms with Crippen LogP contribution in [0.5, 0.6) is 0 Å². The number of carbonyl (C=O) groups excluding carboxylic acids is 1. The summed E-state index contributed by atoms with van der Waals surface area (Å²) in [5, 5.41) is 6.25. The number of para-hydroxylation sites is 1. The minimum Gasteiger partial charge on any atom is -0.457 e. The first-order valence-electron chi connectivity index (χ1n) is 9.02. The summed E-state index contributed by atoms with van der Waals surface area (Å²) in [6.45, 7) is 8.57. The molecule has 0 fully saturated rings. The molecule has 3 aromatic rings. The van der Waals surface area contributed by atoms with Crippen LogP contribution in [0.25, 0.3) is 10.2 Å². The van der Waals surface area contributed by atoms with Crippen LogP contribution in [0.4, 0.5) is 5.13 Å². The fraction of sp³-hybridized carbons (Fsp3) is 0.368. The van der Waals surface area contributed by atoms with Crippen molar-refractivity contribution in [2.24, 2.45) is 5.16 Å². The van der Waals surface area contributed by atoms with Gasteiger partial charge in [0.2, 0.25) is 5.60 Å². The fourth-order valence-corrected chi connectivity index (χ4v) is 4.47. The largest absolute Gasteiger partial charge is 0.457 e. The van der Waals surface area contributed by atoms with Crippen molar-refractivity contribution in [3.63, 3.8) is 0 Å². The van der Waals surface area contributed by atoms with Gasteiger partial charge in [0, 0.05) is 11.5 Å². The fourth-order valence-electron chi connectivity index (χ4n) is 2.09. The van der Waals surface area contributed by atoms with E-state index in [2.05, 4.69) is 19.5 Å². The Kier molecular flexibility index (Phi) is 6.53. The normalized spacial score (nSPS) is 13.4. The second kappa shape index (κ2) is 8.78. The first-order chi connectivity index (χ1) is 14.0. The third kappa shape index (κ3) is 5.83. The molecule has 30 heavy (non-hydrogen) atoms. The predicted molar refractivity (Wildman–Crippen MR) is 125 cm³/mol. The molecule has 0 aliphatic carbocycles. The van der Waals surface area contributed by atoms with E-state index >= 15 is 0 Å². The second-order valence-electron chi connectivity index (χ2n) is 7.76. The van der Waals surface area contributed by atoms with Gasteiger partial charge in [-0.1, -0.05) is 17.3 Å². The van der Waals surface area contributed by atoms with Crippen molar-refractivity contribution >= 4 is 66.6 Å². The number of nitrogen functional groups attached to an aromatic ring is 1. The van der Waals surface area contributed by atoms with Gasteiger partial charge in [-0.05, 0) is 52.1 Å². The molecule has 1 aromatic carbocycles. The number of ether oxygens (including phenoxy) is 1. The highest BCUT2D eigenvalue weighted by Gasteiger charge is 2.35. The minimum absolute atomic E-state index is 0.314. The van der Waals surface area contributed by atoms with Crippen LogP contribution in [0.3, 0.4) is 0 Å². The Labute approximate surface area is 186 Å². The maximum atomic E-state index is 12.4. The Balaban J connectivity index is 1.86. The number of nitrogens with two attached hydrogens (primary N) is 1. The maximum absolute atomic E-state index is 12.4. The van der Waals surface area contributed by atoms with Crippen molar-refractivity contribution in [2.75, 3.05) is 5.73 Å². The van der Waals surface area contributed by atoms with Gasteiger partial charge in [0.05, 0.1) is 10.2 Å². The van der Waals surface area contributed by atoms with Crippen molar-refractivity contribution in [3.8, 4) is 0 Å². The number of hydrogen-bond acceptors (Lipinski definition) is 10. The number of carbonyl (C=O) groups is 1. The number of oxime groups is 1. The molecule has 2 aromatic heterocycles. The number of anilines is 1. The van der Waals surface area contributed by atoms with Crippen LogP contribution >= 0.6 is 34.2 Å². The van der Waals surface area contributed by atoms with E-state index in [9.17, 15) is 4.79 Å². The molecular formula is C19H23N5O3S3. The SMILES string of the molecule is CC(C)(C)OC(=O)C(C)(C)O/N=C(\C=[SH]/c1nc2ccccc2s1)c1nsc(N)n1. The molecule has 160 valence electrons. The van der Waals surface area contributed by atoms with Gasteiger partial charge in [-0.25, -0.2) is 9.78 Å². The Morgan fingerprint density at radius 3 is 2.57 bits per heavy atom. The van der Waals surface area contributed by atoms with Crippen LogP contribution in [0.1, 0.15) is 40.4 Å². The molecule has 0 spiro atoms. The molecule has 0 saturated carbocycles. The Hall–Kier alpha value is -2.37. The smallest absolute Gasteiger partial charge is 0.353 e. The van der Waals surface area contributed by atoms with E-state index in [0.717, 1.165) is 37.4 Å². The summed E-state index contributed by atoms with van der Waals surface area (Å²) in [5.41, 5.74) is 5.10. The van der Waals surface area contributed by atoms with E-state index in [1.807, 2.05) is 24.3 Å². The average molecular weight is 466 g/mol. The first-order valence-corrected chi connectivity index (χ1v) is 11.6. The lowest BCUT2D eigenvalue weighted by Crippen LogP contribution is -2.40. The number of nitrogens with zero attached hydrogens (tertiary/aromatic N) is 4. The van der Waals surface area contributed by atoms with E-state index in [1.165, 1.54) is 0 Å². The number of esters is 1. The summed E-state index contributed by atoms with van der Waals surface area (Å²) < 4.78 is 11.6. The van der Waals surface area contributed by atoms with Crippen LogP contribution in [0, 0.1) is 0 Å². The number of benzene rings is 1. The number of thiazole rings is 1. The molecule has 2 N–H and O–H groups in total. The summed E-state index contributed by atoms with van der Waals surface area (Å²) in [4.78, 5) is 26.8. The molecule has 0 bridgehead atoms. The highest BCUT2D eigenvalue weighted by molar-refractivity contribution is 8.00. The third-order valence-electron chi connectivity index (χ3n) is 3.51. The van der Waals surface area contributed by atoms with E-state index in [1.54, 1.807) is 51.3 Å². The van der Waals surface area contributed by atoms with Crippen LogP contribution in [0.2, 0.25) is 0 Å². The lowest BCUT2D eigenvalue weighted by molar-refractivity contribution is -0.179. The molecule has 0 aliphatic rings. The topological polar surface area (TPSA) is 113 Å². The molecule has 0 atom stereocenters. The van der Waals surface area contributed by atoms with Crippen molar-refractivity contribution in [2.45, 2.75) is 50.2 Å². The standard InChI is InChI=1S/C19H23N5O3S3/c1-18(2,3)26-15(25)19(4,5)27-23-12(14-22-16(20)30-24-14)10-28-17-21-11-8-6-7-9-13(11)29-17/h6-10,28H,1-5H3,(H2,20,22,24)/b23-12+. The molecule has 0 radical (unpaired) electrons. The molecule has 2 heterocycles. The van der Waals surface area contributed by atoms with Gasteiger partial charge in [0.1, 0.15) is 9.94 Å². The lowest BCUT2D eigenvalue weighted by atomic mass is 10.1. The summed E-state index contributed by atoms with van der Waals surface area (Å²) in [5.74, 6) is -0.196. The van der Waals surface area contributed by atoms with Gasteiger partial charge in [-0.15, -0.1) is 22.7 Å². The van der Waals surface area contributed by atoms with Crippen LogP contribution in [-0.2, 0) is 14.4 Å². The Morgan fingerprint density at radius 1 is 1.20 bits per heavy atom. The number of thiol groups is 1. The van der Waals surface area contributed by atoms with Crippen molar-refractivity contribution in [1.82, 2.24) is 14.3 Å². The van der Waals surface area contributed by atoms with Gasteiger partial charge in [0.25, 0.3) is 0 Å². The highest BCUT2D eigenvalue weighted by Crippen LogP contribution is 2.26. The molecule has 0 aliphatic heterocycles. The van der Waals surface area contributed by atoms with Crippen LogP contribution < -0.4 is 5.73 Å².